The van der Waals surface area contributed by atoms with Gasteiger partial charge in [-0.3, -0.25) is 0 Å². The first-order chi connectivity index (χ1) is 11.2. The van der Waals surface area contributed by atoms with Gasteiger partial charge in [-0.25, -0.2) is 4.98 Å². The van der Waals surface area contributed by atoms with Crippen LogP contribution in [0.1, 0.15) is 12.5 Å². The van der Waals surface area contributed by atoms with Crippen molar-refractivity contribution in [2.24, 2.45) is 0 Å². The summed E-state index contributed by atoms with van der Waals surface area (Å²) in [6.07, 6.45) is 4.06. The molecule has 0 unspecified atom stereocenters. The fraction of sp³-hybridized carbons (Fsp3) is 0.278. The maximum absolute atomic E-state index is 5.37. The molecule has 0 spiro atoms. The second-order valence-corrected chi connectivity index (χ2v) is 5.28. The molecule has 0 amide bonds. The molecule has 5 heteroatoms. The Morgan fingerprint density at radius 3 is 2.65 bits per heavy atom. The van der Waals surface area contributed by atoms with Crippen molar-refractivity contribution in [3.05, 3.63) is 48.3 Å². The Labute approximate surface area is 135 Å². The van der Waals surface area contributed by atoms with Crippen molar-refractivity contribution in [1.29, 1.82) is 0 Å². The lowest BCUT2D eigenvalue weighted by molar-refractivity contribution is 0.355. The zero-order chi connectivity index (χ0) is 16.2. The van der Waals surface area contributed by atoms with E-state index in [4.69, 9.17) is 14.5 Å². The number of aromatic nitrogens is 2. The smallest absolute Gasteiger partial charge is 0.161 e. The third-order valence-corrected chi connectivity index (χ3v) is 3.78. The highest BCUT2D eigenvalue weighted by atomic mass is 16.5. The lowest BCUT2D eigenvalue weighted by Gasteiger charge is -2.08. The van der Waals surface area contributed by atoms with E-state index >= 15 is 0 Å². The molecule has 1 N–H and O–H groups in total. The van der Waals surface area contributed by atoms with Gasteiger partial charge in [0.15, 0.2) is 11.5 Å². The summed E-state index contributed by atoms with van der Waals surface area (Å²) in [6.45, 7) is 3.91. The predicted octanol–water partition coefficient (Wildman–Crippen LogP) is 3.13. The molecule has 120 valence electrons. The first-order valence-electron chi connectivity index (χ1n) is 7.66. The van der Waals surface area contributed by atoms with Crippen molar-refractivity contribution in [2.75, 3.05) is 20.8 Å². The molecule has 0 atom stereocenters. The largest absolute Gasteiger partial charge is 0.493 e. The van der Waals surface area contributed by atoms with Crippen LogP contribution in [0.2, 0.25) is 0 Å². The Kier molecular flexibility index (Phi) is 4.48. The van der Waals surface area contributed by atoms with Gasteiger partial charge in [0.05, 0.1) is 19.9 Å². The molecule has 0 saturated heterocycles. The number of hydrogen-bond acceptors (Lipinski definition) is 4. The molecule has 0 radical (unpaired) electrons. The predicted molar refractivity (Wildman–Crippen MR) is 91.1 cm³/mol. The van der Waals surface area contributed by atoms with Crippen LogP contribution >= 0.6 is 0 Å². The van der Waals surface area contributed by atoms with Crippen LogP contribution in [0.15, 0.2) is 42.7 Å². The molecule has 2 heterocycles. The number of methoxy groups -OCH3 is 2. The Bertz CT molecular complexity index is 811. The molecule has 0 fully saturated rings. The molecule has 3 aromatic rings. The molecule has 0 aliphatic carbocycles. The van der Waals surface area contributed by atoms with Gasteiger partial charge in [0, 0.05) is 24.5 Å². The van der Waals surface area contributed by atoms with Gasteiger partial charge in [-0.05, 0) is 42.4 Å². The number of nitrogens with zero attached hydrogens (tertiary/aromatic N) is 2. The van der Waals surface area contributed by atoms with Crippen molar-refractivity contribution >= 4 is 5.65 Å². The summed E-state index contributed by atoms with van der Waals surface area (Å²) in [6, 6.07) is 10.0. The van der Waals surface area contributed by atoms with Gasteiger partial charge >= 0.3 is 0 Å². The maximum Gasteiger partial charge on any atom is 0.161 e. The number of fused-ring (bicyclic) bond motifs is 1. The third-order valence-electron chi connectivity index (χ3n) is 3.78. The summed E-state index contributed by atoms with van der Waals surface area (Å²) in [5, 5.41) is 3.33. The molecular weight excluding hydrogens is 290 g/mol. The average molecular weight is 311 g/mol. The zero-order valence-corrected chi connectivity index (χ0v) is 13.7. The van der Waals surface area contributed by atoms with E-state index < -0.39 is 0 Å². The first kappa shape index (κ1) is 15.4. The van der Waals surface area contributed by atoms with Crippen molar-refractivity contribution in [3.8, 4) is 22.8 Å². The Balaban J connectivity index is 1.96. The Hall–Kier alpha value is -2.53. The number of rotatable bonds is 6. The molecule has 0 aliphatic rings. The molecule has 5 nitrogen and oxygen atoms in total. The molecule has 3 rings (SSSR count). The number of ether oxygens (including phenoxy) is 2. The molecule has 1 aromatic carbocycles. The maximum atomic E-state index is 5.37. The molecule has 2 aromatic heterocycles. The number of imidazole rings is 1. The third kappa shape index (κ3) is 3.14. The van der Waals surface area contributed by atoms with Gasteiger partial charge in [-0.1, -0.05) is 6.92 Å². The van der Waals surface area contributed by atoms with Gasteiger partial charge in [-0.2, -0.15) is 0 Å². The zero-order valence-electron chi connectivity index (χ0n) is 13.7. The van der Waals surface area contributed by atoms with E-state index in [-0.39, 0.29) is 0 Å². The Morgan fingerprint density at radius 1 is 1.09 bits per heavy atom. The van der Waals surface area contributed by atoms with Gasteiger partial charge in [-0.15, -0.1) is 0 Å². The minimum absolute atomic E-state index is 0.704. The number of pyridine rings is 1. The first-order valence-corrected chi connectivity index (χ1v) is 7.66. The van der Waals surface area contributed by atoms with Crippen LogP contribution in [-0.2, 0) is 6.54 Å². The van der Waals surface area contributed by atoms with E-state index in [0.717, 1.165) is 30.0 Å². The van der Waals surface area contributed by atoms with Crippen molar-refractivity contribution in [2.45, 2.75) is 13.5 Å². The second-order valence-electron chi connectivity index (χ2n) is 5.28. The fourth-order valence-electron chi connectivity index (χ4n) is 2.54. The van der Waals surface area contributed by atoms with Crippen LogP contribution < -0.4 is 14.8 Å². The number of benzene rings is 1. The molecule has 0 bridgehead atoms. The minimum Gasteiger partial charge on any atom is -0.493 e. The van der Waals surface area contributed by atoms with Crippen molar-refractivity contribution in [3.63, 3.8) is 0 Å². The van der Waals surface area contributed by atoms with Crippen LogP contribution in [-0.4, -0.2) is 30.1 Å². The van der Waals surface area contributed by atoms with E-state index in [1.54, 1.807) is 14.2 Å². The summed E-state index contributed by atoms with van der Waals surface area (Å²) in [7, 11) is 3.27. The number of nitrogens with one attached hydrogen (secondary N) is 1. The lowest BCUT2D eigenvalue weighted by Crippen LogP contribution is -2.11. The monoisotopic (exact) mass is 311 g/mol. The molecule has 0 saturated carbocycles. The SMILES string of the molecule is CCNCc1ccn2cc(-c3ccc(OC)c(OC)c3)nc2c1. The van der Waals surface area contributed by atoms with Crippen molar-refractivity contribution < 1.29 is 9.47 Å². The lowest BCUT2D eigenvalue weighted by atomic mass is 10.1. The molecular formula is C18H21N3O2. The van der Waals surface area contributed by atoms with Crippen LogP contribution in [0.25, 0.3) is 16.9 Å². The minimum atomic E-state index is 0.704. The number of hydrogen-bond donors (Lipinski definition) is 1. The fourth-order valence-corrected chi connectivity index (χ4v) is 2.54. The highest BCUT2D eigenvalue weighted by Gasteiger charge is 2.09. The van der Waals surface area contributed by atoms with E-state index in [9.17, 15) is 0 Å². The van der Waals surface area contributed by atoms with Crippen molar-refractivity contribution in [1.82, 2.24) is 14.7 Å². The van der Waals surface area contributed by atoms with Gasteiger partial charge in [0.25, 0.3) is 0 Å². The second kappa shape index (κ2) is 6.71. The summed E-state index contributed by atoms with van der Waals surface area (Å²) < 4.78 is 12.7. The van der Waals surface area contributed by atoms with Crippen LogP contribution in [0.5, 0.6) is 11.5 Å². The van der Waals surface area contributed by atoms with Crippen LogP contribution in [0, 0.1) is 0 Å². The molecule has 23 heavy (non-hydrogen) atoms. The Morgan fingerprint density at radius 2 is 1.91 bits per heavy atom. The van der Waals surface area contributed by atoms with E-state index in [1.165, 1.54) is 5.56 Å². The van der Waals surface area contributed by atoms with E-state index in [2.05, 4.69) is 24.4 Å². The highest BCUT2D eigenvalue weighted by molar-refractivity contribution is 5.66. The highest BCUT2D eigenvalue weighted by Crippen LogP contribution is 2.32. The van der Waals surface area contributed by atoms with E-state index in [1.807, 2.05) is 35.0 Å². The average Bonchev–Trinajstić information content (AvgIpc) is 3.02. The summed E-state index contributed by atoms with van der Waals surface area (Å²) in [5.74, 6) is 1.42. The van der Waals surface area contributed by atoms with E-state index in [0.29, 0.717) is 11.5 Å². The van der Waals surface area contributed by atoms with Gasteiger partial charge in [0.2, 0.25) is 0 Å². The van der Waals surface area contributed by atoms with Crippen LogP contribution in [0.3, 0.4) is 0 Å². The molecule has 0 aliphatic heterocycles. The quantitative estimate of drug-likeness (QED) is 0.760. The summed E-state index contributed by atoms with van der Waals surface area (Å²) in [4.78, 5) is 4.72. The summed E-state index contributed by atoms with van der Waals surface area (Å²) in [5.41, 5.74) is 4.07. The van der Waals surface area contributed by atoms with Crippen LogP contribution in [0.4, 0.5) is 0 Å². The standard InChI is InChI=1S/C18H21N3O2/c1-4-19-11-13-7-8-21-12-15(20-18(21)9-13)14-5-6-16(22-2)17(10-14)23-3/h5-10,12,19H,4,11H2,1-3H3. The van der Waals surface area contributed by atoms with Gasteiger partial charge in [0.1, 0.15) is 5.65 Å². The topological polar surface area (TPSA) is 47.8 Å². The van der Waals surface area contributed by atoms with Gasteiger partial charge < -0.3 is 19.2 Å². The normalized spacial score (nSPS) is 10.9. The summed E-state index contributed by atoms with van der Waals surface area (Å²) >= 11 is 0.